The number of rotatable bonds is 8. The lowest BCUT2D eigenvalue weighted by Crippen LogP contribution is -2.30. The summed E-state index contributed by atoms with van der Waals surface area (Å²) in [5, 5.41) is 3.72. The molecule has 0 aliphatic heterocycles. The Morgan fingerprint density at radius 1 is 1.24 bits per heavy atom. The third-order valence-corrected chi connectivity index (χ3v) is 5.42. The van der Waals surface area contributed by atoms with E-state index < -0.39 is 10.0 Å². The maximum atomic E-state index is 12.3. The predicted octanol–water partition coefficient (Wildman–Crippen LogP) is 3.02. The second-order valence-electron chi connectivity index (χ2n) is 5.61. The molecule has 2 N–H and O–H groups in total. The van der Waals surface area contributed by atoms with Gasteiger partial charge in [0.2, 0.25) is 10.0 Å². The van der Waals surface area contributed by atoms with Crippen molar-refractivity contribution in [1.29, 1.82) is 0 Å². The van der Waals surface area contributed by atoms with Gasteiger partial charge >= 0.3 is 0 Å². The highest BCUT2D eigenvalue weighted by atomic mass is 35.5. The standard InChI is InChI=1S/C15H25ClN2O2S/c1-5-17-10-13-8-14(6-7-15(13)16)21(19,20)18-9-12(4)11(2)3/h6-8,11-12,17-18H,5,9-10H2,1-4H3. The van der Waals surface area contributed by atoms with Crippen LogP contribution in [0.25, 0.3) is 0 Å². The molecule has 0 radical (unpaired) electrons. The first-order chi connectivity index (χ1) is 9.77. The van der Waals surface area contributed by atoms with Crippen molar-refractivity contribution in [3.63, 3.8) is 0 Å². The summed E-state index contributed by atoms with van der Waals surface area (Å²) in [6, 6.07) is 4.81. The minimum atomic E-state index is -3.49. The van der Waals surface area contributed by atoms with Crippen LogP contribution in [0.1, 0.15) is 33.3 Å². The van der Waals surface area contributed by atoms with Gasteiger partial charge in [-0.25, -0.2) is 13.1 Å². The Morgan fingerprint density at radius 3 is 2.48 bits per heavy atom. The molecular weight excluding hydrogens is 308 g/mol. The fourth-order valence-electron chi connectivity index (χ4n) is 1.67. The van der Waals surface area contributed by atoms with Gasteiger partial charge in [-0.3, -0.25) is 0 Å². The van der Waals surface area contributed by atoms with Crippen LogP contribution in [0.15, 0.2) is 23.1 Å². The quantitative estimate of drug-likeness (QED) is 0.769. The van der Waals surface area contributed by atoms with Crippen molar-refractivity contribution >= 4 is 21.6 Å². The van der Waals surface area contributed by atoms with E-state index in [2.05, 4.69) is 23.9 Å². The second kappa shape index (κ2) is 8.13. The number of hydrogen-bond acceptors (Lipinski definition) is 3. The third-order valence-electron chi connectivity index (χ3n) is 3.63. The highest BCUT2D eigenvalue weighted by Gasteiger charge is 2.17. The zero-order valence-corrected chi connectivity index (χ0v) is 14.7. The second-order valence-corrected chi connectivity index (χ2v) is 7.78. The Balaban J connectivity index is 2.88. The van der Waals surface area contributed by atoms with E-state index in [4.69, 9.17) is 11.6 Å². The summed E-state index contributed by atoms with van der Waals surface area (Å²) < 4.78 is 27.3. The van der Waals surface area contributed by atoms with Gasteiger partial charge in [0.1, 0.15) is 0 Å². The topological polar surface area (TPSA) is 58.2 Å². The van der Waals surface area contributed by atoms with Crippen molar-refractivity contribution in [1.82, 2.24) is 10.0 Å². The molecule has 1 aromatic carbocycles. The molecule has 4 nitrogen and oxygen atoms in total. The fraction of sp³-hybridized carbons (Fsp3) is 0.600. The molecule has 1 aromatic rings. The van der Waals surface area contributed by atoms with Crippen LogP contribution in [0.5, 0.6) is 0 Å². The molecule has 6 heteroatoms. The van der Waals surface area contributed by atoms with Crippen molar-refractivity contribution in [3.8, 4) is 0 Å². The maximum Gasteiger partial charge on any atom is 0.240 e. The minimum Gasteiger partial charge on any atom is -0.313 e. The third kappa shape index (κ3) is 5.58. The number of nitrogens with one attached hydrogen (secondary N) is 2. The molecule has 21 heavy (non-hydrogen) atoms. The van der Waals surface area contributed by atoms with Gasteiger partial charge in [-0.15, -0.1) is 0 Å². The SMILES string of the molecule is CCNCc1cc(S(=O)(=O)NCC(C)C(C)C)ccc1Cl. The van der Waals surface area contributed by atoms with Crippen LogP contribution in [0.4, 0.5) is 0 Å². The number of halogens is 1. The Morgan fingerprint density at radius 2 is 1.90 bits per heavy atom. The zero-order valence-electron chi connectivity index (χ0n) is 13.1. The maximum absolute atomic E-state index is 12.3. The molecule has 0 aliphatic rings. The molecular formula is C15H25ClN2O2S. The molecule has 0 aromatic heterocycles. The largest absolute Gasteiger partial charge is 0.313 e. The van der Waals surface area contributed by atoms with E-state index in [1.165, 1.54) is 0 Å². The van der Waals surface area contributed by atoms with Crippen LogP contribution in [-0.2, 0) is 16.6 Å². The molecule has 0 bridgehead atoms. The van der Waals surface area contributed by atoms with Crippen LogP contribution < -0.4 is 10.0 Å². The first-order valence-corrected chi connectivity index (χ1v) is 9.12. The van der Waals surface area contributed by atoms with E-state index in [0.29, 0.717) is 24.0 Å². The molecule has 0 heterocycles. The Bertz CT molecular complexity index is 559. The smallest absolute Gasteiger partial charge is 0.240 e. The van der Waals surface area contributed by atoms with Gasteiger partial charge in [-0.1, -0.05) is 39.3 Å². The fourth-order valence-corrected chi connectivity index (χ4v) is 3.05. The highest BCUT2D eigenvalue weighted by Crippen LogP contribution is 2.20. The van der Waals surface area contributed by atoms with Crippen LogP contribution in [0.3, 0.4) is 0 Å². The molecule has 0 amide bonds. The van der Waals surface area contributed by atoms with Gasteiger partial charge in [0.25, 0.3) is 0 Å². The van der Waals surface area contributed by atoms with E-state index in [9.17, 15) is 8.42 Å². The zero-order chi connectivity index (χ0) is 16.0. The normalized spacial score (nSPS) is 13.6. The van der Waals surface area contributed by atoms with Crippen molar-refractivity contribution < 1.29 is 8.42 Å². The lowest BCUT2D eigenvalue weighted by molar-refractivity contribution is 0.414. The molecule has 0 saturated heterocycles. The van der Waals surface area contributed by atoms with Crippen LogP contribution in [-0.4, -0.2) is 21.5 Å². The number of hydrogen-bond donors (Lipinski definition) is 2. The summed E-state index contributed by atoms with van der Waals surface area (Å²) in [6.07, 6.45) is 0. The summed E-state index contributed by atoms with van der Waals surface area (Å²) in [5.74, 6) is 0.718. The monoisotopic (exact) mass is 332 g/mol. The molecule has 1 atom stereocenters. The lowest BCUT2D eigenvalue weighted by atomic mass is 9.99. The van der Waals surface area contributed by atoms with E-state index in [-0.39, 0.29) is 10.8 Å². The summed E-state index contributed by atoms with van der Waals surface area (Å²) in [4.78, 5) is 0.260. The van der Waals surface area contributed by atoms with Gasteiger partial charge in [0, 0.05) is 18.1 Å². The van der Waals surface area contributed by atoms with E-state index in [0.717, 1.165) is 12.1 Å². The van der Waals surface area contributed by atoms with Crippen LogP contribution in [0.2, 0.25) is 5.02 Å². The van der Waals surface area contributed by atoms with Crippen molar-refractivity contribution in [2.45, 2.75) is 39.1 Å². The molecule has 0 aliphatic carbocycles. The molecule has 0 saturated carbocycles. The number of benzene rings is 1. The van der Waals surface area contributed by atoms with E-state index in [1.54, 1.807) is 18.2 Å². The molecule has 0 fully saturated rings. The first kappa shape index (κ1) is 18.4. The summed E-state index contributed by atoms with van der Waals surface area (Å²) in [6.45, 7) is 9.98. The van der Waals surface area contributed by atoms with Gasteiger partial charge < -0.3 is 5.32 Å². The van der Waals surface area contributed by atoms with Crippen molar-refractivity contribution in [3.05, 3.63) is 28.8 Å². The molecule has 1 unspecified atom stereocenters. The average molecular weight is 333 g/mol. The highest BCUT2D eigenvalue weighted by molar-refractivity contribution is 7.89. The number of sulfonamides is 1. The summed E-state index contributed by atoms with van der Waals surface area (Å²) >= 11 is 6.10. The van der Waals surface area contributed by atoms with E-state index >= 15 is 0 Å². The van der Waals surface area contributed by atoms with Crippen molar-refractivity contribution in [2.24, 2.45) is 11.8 Å². The van der Waals surface area contributed by atoms with Gasteiger partial charge in [0.05, 0.1) is 4.90 Å². The van der Waals surface area contributed by atoms with Crippen LogP contribution in [0, 0.1) is 11.8 Å². The van der Waals surface area contributed by atoms with E-state index in [1.807, 2.05) is 13.8 Å². The Kier molecular flexibility index (Phi) is 7.13. The van der Waals surface area contributed by atoms with Crippen LogP contribution >= 0.6 is 11.6 Å². The average Bonchev–Trinajstić information content (AvgIpc) is 2.43. The van der Waals surface area contributed by atoms with Gasteiger partial charge in [0.15, 0.2) is 0 Å². The minimum absolute atomic E-state index is 0.260. The first-order valence-electron chi connectivity index (χ1n) is 7.26. The summed E-state index contributed by atoms with van der Waals surface area (Å²) in [7, 11) is -3.49. The van der Waals surface area contributed by atoms with Gasteiger partial charge in [-0.05, 0) is 42.1 Å². The molecule has 1 rings (SSSR count). The lowest BCUT2D eigenvalue weighted by Gasteiger charge is -2.16. The van der Waals surface area contributed by atoms with Crippen molar-refractivity contribution in [2.75, 3.05) is 13.1 Å². The molecule has 0 spiro atoms. The predicted molar refractivity (Wildman–Crippen MR) is 88.0 cm³/mol. The Labute approximate surface area is 133 Å². The molecule has 120 valence electrons. The Hall–Kier alpha value is -0.620. The summed E-state index contributed by atoms with van der Waals surface area (Å²) in [5.41, 5.74) is 0.790. The van der Waals surface area contributed by atoms with Gasteiger partial charge in [-0.2, -0.15) is 0 Å².